The van der Waals surface area contributed by atoms with Crippen molar-refractivity contribution >= 4 is 17.7 Å². The molecule has 5 N–H and O–H groups in total. The maximum atomic E-state index is 11.8. The lowest BCUT2D eigenvalue weighted by Crippen LogP contribution is -2.47. The number of nitrogens with one attached hydrogen (secondary N) is 1. The Labute approximate surface area is 112 Å². The Balaban J connectivity index is 2.37. The van der Waals surface area contributed by atoms with E-state index in [4.69, 9.17) is 11.5 Å². The van der Waals surface area contributed by atoms with E-state index in [2.05, 4.69) is 5.32 Å². The number of nitrogens with two attached hydrogens (primary N) is 2. The van der Waals surface area contributed by atoms with Crippen LogP contribution in [0.5, 0.6) is 0 Å². The van der Waals surface area contributed by atoms with E-state index in [0.29, 0.717) is 19.5 Å². The number of likely N-dealkylation sites (tertiary alicyclic amines) is 1. The van der Waals surface area contributed by atoms with Crippen LogP contribution >= 0.6 is 0 Å². The van der Waals surface area contributed by atoms with Gasteiger partial charge < -0.3 is 21.7 Å². The third-order valence-electron chi connectivity index (χ3n) is 3.38. The van der Waals surface area contributed by atoms with Gasteiger partial charge in [-0.05, 0) is 12.3 Å². The van der Waals surface area contributed by atoms with E-state index in [1.165, 1.54) is 4.90 Å². The number of hydrogen-bond donors (Lipinski definition) is 3. The topological polar surface area (TPSA) is 119 Å². The van der Waals surface area contributed by atoms with Crippen molar-refractivity contribution in [1.29, 1.82) is 0 Å². The van der Waals surface area contributed by atoms with Crippen molar-refractivity contribution in [2.45, 2.75) is 26.3 Å². The zero-order valence-electron chi connectivity index (χ0n) is 11.4. The van der Waals surface area contributed by atoms with E-state index >= 15 is 0 Å². The minimum absolute atomic E-state index is 0.0149. The van der Waals surface area contributed by atoms with Gasteiger partial charge in [0.25, 0.3) is 0 Å². The van der Waals surface area contributed by atoms with Gasteiger partial charge in [-0.3, -0.25) is 14.4 Å². The first-order valence-electron chi connectivity index (χ1n) is 6.43. The normalized spacial score (nSPS) is 20.4. The SMILES string of the molecule is CC(C)[C@H](N)C(=O)NCC(=O)N1CCC(C(N)=O)C1. The fourth-order valence-electron chi connectivity index (χ4n) is 1.91. The molecule has 0 aliphatic carbocycles. The molecule has 1 aliphatic rings. The largest absolute Gasteiger partial charge is 0.369 e. The summed E-state index contributed by atoms with van der Waals surface area (Å²) in [6, 6.07) is -0.621. The molecule has 0 spiro atoms. The second-order valence-electron chi connectivity index (χ2n) is 5.22. The molecule has 2 atom stereocenters. The van der Waals surface area contributed by atoms with Gasteiger partial charge in [-0.1, -0.05) is 13.8 Å². The standard InChI is InChI=1S/C12H22N4O3/c1-7(2)10(13)12(19)15-5-9(17)16-4-3-8(6-16)11(14)18/h7-8,10H,3-6,13H2,1-2H3,(H2,14,18)(H,15,19)/t8?,10-/m0/s1. The Morgan fingerprint density at radius 1 is 1.37 bits per heavy atom. The first-order valence-corrected chi connectivity index (χ1v) is 6.43. The highest BCUT2D eigenvalue weighted by molar-refractivity contribution is 5.88. The monoisotopic (exact) mass is 270 g/mol. The van der Waals surface area contributed by atoms with Crippen LogP contribution in [0.15, 0.2) is 0 Å². The molecular formula is C12H22N4O3. The van der Waals surface area contributed by atoms with Crippen LogP contribution in [0.4, 0.5) is 0 Å². The van der Waals surface area contributed by atoms with E-state index in [9.17, 15) is 14.4 Å². The van der Waals surface area contributed by atoms with E-state index in [1.54, 1.807) is 0 Å². The number of carbonyl (C=O) groups is 3. The molecule has 7 nitrogen and oxygen atoms in total. The first kappa shape index (κ1) is 15.4. The van der Waals surface area contributed by atoms with Gasteiger partial charge in [0, 0.05) is 13.1 Å². The number of primary amides is 1. The molecule has 1 fully saturated rings. The summed E-state index contributed by atoms with van der Waals surface area (Å²) in [6.45, 7) is 4.41. The predicted octanol–water partition coefficient (Wildman–Crippen LogP) is -1.58. The van der Waals surface area contributed by atoms with E-state index < -0.39 is 6.04 Å². The fraction of sp³-hybridized carbons (Fsp3) is 0.750. The van der Waals surface area contributed by atoms with E-state index in [0.717, 1.165) is 0 Å². The highest BCUT2D eigenvalue weighted by atomic mass is 16.2. The van der Waals surface area contributed by atoms with Crippen molar-refractivity contribution < 1.29 is 14.4 Å². The summed E-state index contributed by atoms with van der Waals surface area (Å²) in [4.78, 5) is 36.0. The molecule has 1 heterocycles. The summed E-state index contributed by atoms with van der Waals surface area (Å²) < 4.78 is 0. The Morgan fingerprint density at radius 2 is 2.00 bits per heavy atom. The molecule has 1 rings (SSSR count). The van der Waals surface area contributed by atoms with Crippen molar-refractivity contribution in [3.8, 4) is 0 Å². The average Bonchev–Trinajstić information content (AvgIpc) is 2.84. The lowest BCUT2D eigenvalue weighted by Gasteiger charge is -2.18. The van der Waals surface area contributed by atoms with Gasteiger partial charge in [-0.15, -0.1) is 0 Å². The number of hydrogen-bond acceptors (Lipinski definition) is 4. The number of rotatable bonds is 5. The Bertz CT molecular complexity index is 370. The van der Waals surface area contributed by atoms with Crippen LogP contribution in [-0.4, -0.2) is 48.3 Å². The Hall–Kier alpha value is -1.63. The minimum atomic E-state index is -0.621. The van der Waals surface area contributed by atoms with Gasteiger partial charge in [0.05, 0.1) is 18.5 Å². The van der Waals surface area contributed by atoms with Crippen molar-refractivity contribution in [3.63, 3.8) is 0 Å². The highest BCUT2D eigenvalue weighted by Crippen LogP contribution is 2.15. The molecule has 1 unspecified atom stereocenters. The van der Waals surface area contributed by atoms with Crippen LogP contribution in [-0.2, 0) is 14.4 Å². The van der Waals surface area contributed by atoms with Gasteiger partial charge in [-0.25, -0.2) is 0 Å². The zero-order chi connectivity index (χ0) is 14.6. The molecule has 0 aromatic heterocycles. The molecule has 19 heavy (non-hydrogen) atoms. The van der Waals surface area contributed by atoms with Crippen LogP contribution in [0.1, 0.15) is 20.3 Å². The summed E-state index contributed by atoms with van der Waals surface area (Å²) >= 11 is 0. The third-order valence-corrected chi connectivity index (χ3v) is 3.38. The third kappa shape index (κ3) is 4.20. The molecule has 0 aromatic carbocycles. The molecule has 3 amide bonds. The van der Waals surface area contributed by atoms with Crippen molar-refractivity contribution in [3.05, 3.63) is 0 Å². The van der Waals surface area contributed by atoms with E-state index in [1.807, 2.05) is 13.8 Å². The molecule has 0 aromatic rings. The summed E-state index contributed by atoms with van der Waals surface area (Å²) in [5.74, 6) is -1.21. The second-order valence-corrected chi connectivity index (χ2v) is 5.22. The van der Waals surface area contributed by atoms with Gasteiger partial charge >= 0.3 is 0 Å². The van der Waals surface area contributed by atoms with Crippen LogP contribution < -0.4 is 16.8 Å². The maximum Gasteiger partial charge on any atom is 0.241 e. The van der Waals surface area contributed by atoms with Crippen LogP contribution in [0, 0.1) is 11.8 Å². The average molecular weight is 270 g/mol. The summed E-state index contributed by atoms with van der Waals surface area (Å²) in [6.07, 6.45) is 0.584. The van der Waals surface area contributed by atoms with Crippen LogP contribution in [0.25, 0.3) is 0 Å². The summed E-state index contributed by atoms with van der Waals surface area (Å²) in [7, 11) is 0. The molecular weight excluding hydrogens is 248 g/mol. The van der Waals surface area contributed by atoms with Crippen molar-refractivity contribution in [2.24, 2.45) is 23.3 Å². The zero-order valence-corrected chi connectivity index (χ0v) is 11.4. The maximum absolute atomic E-state index is 11.8. The number of carbonyl (C=O) groups excluding carboxylic acids is 3. The smallest absolute Gasteiger partial charge is 0.241 e. The Morgan fingerprint density at radius 3 is 2.47 bits per heavy atom. The molecule has 0 radical (unpaired) electrons. The predicted molar refractivity (Wildman–Crippen MR) is 69.7 cm³/mol. The molecule has 108 valence electrons. The molecule has 0 bridgehead atoms. The summed E-state index contributed by atoms with van der Waals surface area (Å²) in [5.41, 5.74) is 10.9. The molecule has 1 aliphatic heterocycles. The molecule has 1 saturated heterocycles. The van der Waals surface area contributed by atoms with Gasteiger partial charge in [-0.2, -0.15) is 0 Å². The first-order chi connectivity index (χ1) is 8.82. The fourth-order valence-corrected chi connectivity index (χ4v) is 1.91. The van der Waals surface area contributed by atoms with Crippen LogP contribution in [0.3, 0.4) is 0 Å². The Kier molecular flexibility index (Phi) is 5.29. The summed E-state index contributed by atoms with van der Waals surface area (Å²) in [5, 5.41) is 2.51. The van der Waals surface area contributed by atoms with Crippen molar-refractivity contribution in [1.82, 2.24) is 10.2 Å². The van der Waals surface area contributed by atoms with Gasteiger partial charge in [0.15, 0.2) is 0 Å². The number of amides is 3. The van der Waals surface area contributed by atoms with Gasteiger partial charge in [0.2, 0.25) is 17.7 Å². The second kappa shape index (κ2) is 6.51. The molecule has 7 heteroatoms. The lowest BCUT2D eigenvalue weighted by molar-refractivity contribution is -0.133. The number of nitrogens with zero attached hydrogens (tertiary/aromatic N) is 1. The van der Waals surface area contributed by atoms with Gasteiger partial charge in [0.1, 0.15) is 0 Å². The van der Waals surface area contributed by atoms with Crippen molar-refractivity contribution in [2.75, 3.05) is 19.6 Å². The molecule has 0 saturated carbocycles. The quantitative estimate of drug-likeness (QED) is 0.558. The lowest BCUT2D eigenvalue weighted by atomic mass is 10.1. The highest BCUT2D eigenvalue weighted by Gasteiger charge is 2.29. The van der Waals surface area contributed by atoms with Crippen LogP contribution in [0.2, 0.25) is 0 Å². The minimum Gasteiger partial charge on any atom is -0.369 e. The van der Waals surface area contributed by atoms with E-state index in [-0.39, 0.29) is 36.1 Å².